The van der Waals surface area contributed by atoms with E-state index >= 15 is 0 Å². The van der Waals surface area contributed by atoms with Crippen molar-refractivity contribution in [3.05, 3.63) is 71.0 Å². The monoisotopic (exact) mass is 340 g/mol. The lowest BCUT2D eigenvalue weighted by molar-refractivity contribution is -0.131. The van der Waals surface area contributed by atoms with Gasteiger partial charge in [-0.1, -0.05) is 30.3 Å². The van der Waals surface area contributed by atoms with E-state index in [1.807, 2.05) is 17.0 Å². The minimum atomic E-state index is -0.346. The average molecular weight is 340 g/mol. The molecule has 130 valence electrons. The summed E-state index contributed by atoms with van der Waals surface area (Å²) < 4.78 is 13.8. The molecule has 0 aromatic heterocycles. The van der Waals surface area contributed by atoms with Gasteiger partial charge in [-0.25, -0.2) is 4.39 Å². The normalized spacial score (nSPS) is 13.4. The van der Waals surface area contributed by atoms with Crippen molar-refractivity contribution in [3.63, 3.8) is 0 Å². The summed E-state index contributed by atoms with van der Waals surface area (Å²) in [7, 11) is 1.59. The van der Waals surface area contributed by atoms with Crippen LogP contribution in [-0.2, 0) is 17.8 Å². The number of nitrogens with one attached hydrogen (secondary N) is 1. The lowest BCUT2D eigenvalue weighted by atomic mass is 10.1. The molecule has 0 aliphatic heterocycles. The van der Waals surface area contributed by atoms with Crippen molar-refractivity contribution in [2.45, 2.75) is 31.8 Å². The number of nitrogens with zero attached hydrogens (tertiary/aromatic N) is 1. The summed E-state index contributed by atoms with van der Waals surface area (Å²) in [6.45, 7) is 0.478. The summed E-state index contributed by atoms with van der Waals surface area (Å²) in [6.07, 6.45) is 2.04. The summed E-state index contributed by atoms with van der Waals surface area (Å²) in [5.41, 5.74) is 1.97. The maximum absolute atomic E-state index is 13.8. The highest BCUT2D eigenvalue weighted by Gasteiger charge is 2.32. The van der Waals surface area contributed by atoms with Crippen LogP contribution in [0.15, 0.2) is 48.5 Å². The number of hydrogen-bond donors (Lipinski definition) is 1. The van der Waals surface area contributed by atoms with Crippen LogP contribution in [0.3, 0.4) is 0 Å². The Hall–Kier alpha value is -2.69. The molecule has 5 heteroatoms. The Morgan fingerprint density at radius 1 is 1.12 bits per heavy atom. The van der Waals surface area contributed by atoms with Crippen molar-refractivity contribution in [2.75, 3.05) is 7.05 Å². The van der Waals surface area contributed by atoms with Gasteiger partial charge in [0.25, 0.3) is 5.91 Å². The van der Waals surface area contributed by atoms with E-state index in [1.54, 1.807) is 37.4 Å². The molecule has 2 aromatic rings. The van der Waals surface area contributed by atoms with Gasteiger partial charge in [-0.05, 0) is 42.2 Å². The van der Waals surface area contributed by atoms with Crippen molar-refractivity contribution < 1.29 is 14.0 Å². The van der Waals surface area contributed by atoms with E-state index in [0.717, 1.165) is 18.4 Å². The van der Waals surface area contributed by atoms with E-state index in [9.17, 15) is 14.0 Å². The zero-order valence-electron chi connectivity index (χ0n) is 14.2. The molecule has 1 saturated carbocycles. The zero-order chi connectivity index (χ0) is 17.8. The first-order valence-electron chi connectivity index (χ1n) is 8.42. The van der Waals surface area contributed by atoms with Crippen LogP contribution in [0.1, 0.15) is 34.3 Å². The maximum Gasteiger partial charge on any atom is 0.251 e. The van der Waals surface area contributed by atoms with E-state index in [1.165, 1.54) is 6.07 Å². The number of amides is 2. The number of carbonyl (C=O) groups excluding carboxylic acids is 2. The molecule has 1 aliphatic carbocycles. The second kappa shape index (κ2) is 7.47. The fourth-order valence-electron chi connectivity index (χ4n) is 2.82. The van der Waals surface area contributed by atoms with Crippen molar-refractivity contribution in [1.82, 2.24) is 10.2 Å². The molecule has 4 nitrogen and oxygen atoms in total. The molecule has 2 aromatic carbocycles. The molecule has 0 saturated heterocycles. The molecule has 1 fully saturated rings. The lowest BCUT2D eigenvalue weighted by Crippen LogP contribution is -2.34. The molecule has 25 heavy (non-hydrogen) atoms. The summed E-state index contributed by atoms with van der Waals surface area (Å²) in [5, 5.41) is 2.58. The molecular weight excluding hydrogens is 319 g/mol. The first-order valence-corrected chi connectivity index (χ1v) is 8.42. The van der Waals surface area contributed by atoms with Crippen LogP contribution in [0.4, 0.5) is 4.39 Å². The van der Waals surface area contributed by atoms with Gasteiger partial charge >= 0.3 is 0 Å². The standard InChI is InChI=1S/C20H21FN2O2/c1-22-20(25)15-8-6-14(7-9-15)13-23(17-10-11-17)19(24)12-16-4-2-3-5-18(16)21/h2-9,17H,10-13H2,1H3,(H,22,25). The van der Waals surface area contributed by atoms with Crippen molar-refractivity contribution in [3.8, 4) is 0 Å². The number of benzene rings is 2. The Morgan fingerprint density at radius 3 is 2.40 bits per heavy atom. The summed E-state index contributed by atoms with van der Waals surface area (Å²) >= 11 is 0. The van der Waals surface area contributed by atoms with Crippen LogP contribution in [0.25, 0.3) is 0 Å². The van der Waals surface area contributed by atoms with Gasteiger partial charge in [-0.15, -0.1) is 0 Å². The van der Waals surface area contributed by atoms with Crippen molar-refractivity contribution in [2.24, 2.45) is 0 Å². The van der Waals surface area contributed by atoms with Gasteiger partial charge in [0, 0.05) is 25.2 Å². The molecule has 3 rings (SSSR count). The Balaban J connectivity index is 1.70. The number of rotatable bonds is 6. The maximum atomic E-state index is 13.8. The van der Waals surface area contributed by atoms with Gasteiger partial charge in [-0.3, -0.25) is 9.59 Å². The first kappa shape index (κ1) is 17.1. The van der Waals surface area contributed by atoms with E-state index in [0.29, 0.717) is 17.7 Å². The predicted octanol–water partition coefficient (Wildman–Crippen LogP) is 2.92. The van der Waals surface area contributed by atoms with Crippen LogP contribution in [0.2, 0.25) is 0 Å². The van der Waals surface area contributed by atoms with Gasteiger partial charge in [0.05, 0.1) is 6.42 Å². The van der Waals surface area contributed by atoms with Gasteiger partial charge in [0.15, 0.2) is 0 Å². The van der Waals surface area contributed by atoms with Crippen LogP contribution in [0, 0.1) is 5.82 Å². The lowest BCUT2D eigenvalue weighted by Gasteiger charge is -2.23. The van der Waals surface area contributed by atoms with Gasteiger partial charge < -0.3 is 10.2 Å². The zero-order valence-corrected chi connectivity index (χ0v) is 14.2. The average Bonchev–Trinajstić information content (AvgIpc) is 3.46. The molecule has 0 atom stereocenters. The van der Waals surface area contributed by atoms with Crippen LogP contribution in [0.5, 0.6) is 0 Å². The fraction of sp³-hybridized carbons (Fsp3) is 0.300. The predicted molar refractivity (Wildman–Crippen MR) is 93.5 cm³/mol. The number of carbonyl (C=O) groups is 2. The van der Waals surface area contributed by atoms with E-state index in [4.69, 9.17) is 0 Å². The van der Waals surface area contributed by atoms with E-state index in [-0.39, 0.29) is 30.1 Å². The van der Waals surface area contributed by atoms with Crippen LogP contribution < -0.4 is 5.32 Å². The second-order valence-corrected chi connectivity index (χ2v) is 6.30. The van der Waals surface area contributed by atoms with Gasteiger partial charge in [-0.2, -0.15) is 0 Å². The second-order valence-electron chi connectivity index (χ2n) is 6.30. The molecule has 0 radical (unpaired) electrons. The highest BCUT2D eigenvalue weighted by Crippen LogP contribution is 2.29. The Kier molecular flexibility index (Phi) is 5.12. The summed E-state index contributed by atoms with van der Waals surface area (Å²) in [6, 6.07) is 13.8. The topological polar surface area (TPSA) is 49.4 Å². The van der Waals surface area contributed by atoms with Crippen molar-refractivity contribution in [1.29, 1.82) is 0 Å². The molecule has 2 amide bonds. The SMILES string of the molecule is CNC(=O)c1ccc(CN(C(=O)Cc2ccccc2F)C2CC2)cc1. The van der Waals surface area contributed by atoms with Gasteiger partial charge in [0.2, 0.25) is 5.91 Å². The summed E-state index contributed by atoms with van der Waals surface area (Å²) in [5.74, 6) is -0.550. The Bertz CT molecular complexity index is 770. The molecule has 0 bridgehead atoms. The minimum Gasteiger partial charge on any atom is -0.355 e. The smallest absolute Gasteiger partial charge is 0.251 e. The van der Waals surface area contributed by atoms with Gasteiger partial charge in [0.1, 0.15) is 5.82 Å². The highest BCUT2D eigenvalue weighted by molar-refractivity contribution is 5.93. The first-order chi connectivity index (χ1) is 12.1. The minimum absolute atomic E-state index is 0.0667. The van der Waals surface area contributed by atoms with Crippen LogP contribution in [-0.4, -0.2) is 29.8 Å². The third-order valence-corrected chi connectivity index (χ3v) is 4.40. The third kappa shape index (κ3) is 4.24. The molecule has 1 aliphatic rings. The number of halogens is 1. The van der Waals surface area contributed by atoms with Crippen LogP contribution >= 0.6 is 0 Å². The molecule has 0 unspecified atom stereocenters. The molecule has 0 heterocycles. The Labute approximate surface area is 146 Å². The largest absolute Gasteiger partial charge is 0.355 e. The molecule has 0 spiro atoms. The van der Waals surface area contributed by atoms with Crippen molar-refractivity contribution >= 4 is 11.8 Å². The Morgan fingerprint density at radius 2 is 1.80 bits per heavy atom. The third-order valence-electron chi connectivity index (χ3n) is 4.40. The van der Waals surface area contributed by atoms with E-state index in [2.05, 4.69) is 5.32 Å². The fourth-order valence-corrected chi connectivity index (χ4v) is 2.82. The molecular formula is C20H21FN2O2. The summed E-state index contributed by atoms with van der Waals surface area (Å²) in [4.78, 5) is 26.1. The van der Waals surface area contributed by atoms with E-state index < -0.39 is 0 Å². The highest BCUT2D eigenvalue weighted by atomic mass is 19.1. The number of hydrogen-bond acceptors (Lipinski definition) is 2. The quantitative estimate of drug-likeness (QED) is 0.879. The molecule has 1 N–H and O–H groups in total.